The Morgan fingerprint density at radius 1 is 0.872 bits per heavy atom. The zero-order valence-corrected chi connectivity index (χ0v) is 21.1. The molecule has 0 bridgehead atoms. The number of aliphatic hydroxyl groups is 1. The van der Waals surface area contributed by atoms with Gasteiger partial charge in [-0.25, -0.2) is 0 Å². The summed E-state index contributed by atoms with van der Waals surface area (Å²) >= 11 is 0. The Morgan fingerprint density at radius 2 is 1.49 bits per heavy atom. The van der Waals surface area contributed by atoms with Gasteiger partial charge in [-0.1, -0.05) is 0 Å². The van der Waals surface area contributed by atoms with Crippen LogP contribution in [0.15, 0.2) is 91.1 Å². The van der Waals surface area contributed by atoms with Crippen molar-refractivity contribution >= 4 is 29.0 Å². The molecule has 0 aliphatic carbocycles. The number of amides is 2. The van der Waals surface area contributed by atoms with Crippen molar-refractivity contribution in [1.29, 1.82) is 0 Å². The Balaban J connectivity index is 1.21. The van der Waals surface area contributed by atoms with Crippen LogP contribution in [0.2, 0.25) is 0 Å². The van der Waals surface area contributed by atoms with Crippen LogP contribution in [0.5, 0.6) is 0 Å². The molecular formula is C30H28N4O5. The molecule has 39 heavy (non-hydrogen) atoms. The third-order valence-electron chi connectivity index (χ3n) is 6.65. The predicted molar refractivity (Wildman–Crippen MR) is 148 cm³/mol. The van der Waals surface area contributed by atoms with Gasteiger partial charge in [0.05, 0.1) is 19.3 Å². The van der Waals surface area contributed by atoms with E-state index in [0.29, 0.717) is 41.2 Å². The molecule has 4 aromatic rings. The molecule has 9 nitrogen and oxygen atoms in total. The average Bonchev–Trinajstić information content (AvgIpc) is 3.48. The highest BCUT2D eigenvalue weighted by molar-refractivity contribution is 6.09. The number of ether oxygens (including phenoxy) is 1. The van der Waals surface area contributed by atoms with Crippen LogP contribution in [-0.4, -0.2) is 59.7 Å². The topological polar surface area (TPSA) is 127 Å². The molecule has 2 amide bonds. The van der Waals surface area contributed by atoms with Crippen molar-refractivity contribution in [2.45, 2.75) is 6.10 Å². The number of benzene rings is 3. The molecule has 0 saturated carbocycles. The number of carbonyl (C=O) groups is 3. The van der Waals surface area contributed by atoms with Gasteiger partial charge in [-0.3, -0.25) is 14.4 Å². The number of aromatic nitrogens is 1. The molecule has 1 unspecified atom stereocenters. The van der Waals surface area contributed by atoms with Gasteiger partial charge in [0.2, 0.25) is 0 Å². The third-order valence-corrected chi connectivity index (χ3v) is 6.65. The minimum Gasteiger partial charge on any atom is -0.394 e. The second kappa shape index (κ2) is 11.3. The van der Waals surface area contributed by atoms with Gasteiger partial charge in [-0.15, -0.1) is 0 Å². The van der Waals surface area contributed by atoms with Crippen molar-refractivity contribution in [1.82, 2.24) is 4.57 Å². The standard InChI is InChI=1S/C30H28N4O5/c31-29(37)27-2-1-15-34(27)25-13-5-21(6-14-25)28(36)20-3-9-23(10-4-20)32-30(38)22-7-11-24(12-8-22)33-16-17-39-26(18-33)19-35/h1-15,26,35H,16-19H2,(H2,31,37)(H,32,38). The van der Waals surface area contributed by atoms with Gasteiger partial charge in [0, 0.05) is 53.0 Å². The second-order valence-electron chi connectivity index (χ2n) is 9.20. The van der Waals surface area contributed by atoms with E-state index in [9.17, 15) is 19.5 Å². The first-order valence-corrected chi connectivity index (χ1v) is 12.5. The Kier molecular flexibility index (Phi) is 7.53. The number of nitrogens with one attached hydrogen (secondary N) is 1. The summed E-state index contributed by atoms with van der Waals surface area (Å²) in [5.74, 6) is -0.953. The van der Waals surface area contributed by atoms with Crippen molar-refractivity contribution in [2.24, 2.45) is 5.73 Å². The van der Waals surface area contributed by atoms with Crippen molar-refractivity contribution in [2.75, 3.05) is 36.5 Å². The molecule has 2 heterocycles. The maximum absolute atomic E-state index is 13.0. The summed E-state index contributed by atoms with van der Waals surface area (Å²) in [5, 5.41) is 12.2. The number of carbonyl (C=O) groups excluding carboxylic acids is 3. The third kappa shape index (κ3) is 5.74. The summed E-state index contributed by atoms with van der Waals surface area (Å²) in [6.45, 7) is 1.84. The van der Waals surface area contributed by atoms with Crippen LogP contribution >= 0.6 is 0 Å². The first-order chi connectivity index (χ1) is 18.9. The van der Waals surface area contributed by atoms with Crippen molar-refractivity contribution in [3.63, 3.8) is 0 Å². The molecule has 1 aliphatic rings. The molecule has 0 radical (unpaired) electrons. The molecular weight excluding hydrogens is 496 g/mol. The lowest BCUT2D eigenvalue weighted by Crippen LogP contribution is -2.44. The lowest BCUT2D eigenvalue weighted by molar-refractivity contribution is 0.00357. The lowest BCUT2D eigenvalue weighted by atomic mass is 10.0. The number of aliphatic hydroxyl groups excluding tert-OH is 1. The maximum atomic E-state index is 13.0. The molecule has 5 rings (SSSR count). The summed E-state index contributed by atoms with van der Waals surface area (Å²) in [4.78, 5) is 39.5. The fraction of sp³-hybridized carbons (Fsp3) is 0.167. The van der Waals surface area contributed by atoms with E-state index in [0.717, 1.165) is 17.9 Å². The molecule has 9 heteroatoms. The molecule has 198 valence electrons. The van der Waals surface area contributed by atoms with E-state index in [4.69, 9.17) is 10.5 Å². The van der Waals surface area contributed by atoms with E-state index >= 15 is 0 Å². The number of anilines is 2. The quantitative estimate of drug-likeness (QED) is 0.304. The van der Waals surface area contributed by atoms with Gasteiger partial charge in [-0.2, -0.15) is 0 Å². The van der Waals surface area contributed by atoms with Crippen molar-refractivity contribution < 1.29 is 24.2 Å². The van der Waals surface area contributed by atoms with Gasteiger partial charge >= 0.3 is 0 Å². The largest absolute Gasteiger partial charge is 0.394 e. The fourth-order valence-electron chi connectivity index (χ4n) is 4.54. The first kappa shape index (κ1) is 25.9. The first-order valence-electron chi connectivity index (χ1n) is 12.5. The van der Waals surface area contributed by atoms with Crippen LogP contribution in [0, 0.1) is 0 Å². The number of nitrogens with two attached hydrogens (primary N) is 1. The number of rotatable bonds is 8. The SMILES string of the molecule is NC(=O)c1cccn1-c1ccc(C(=O)c2ccc(NC(=O)c3ccc(N4CCOC(CO)C4)cc3)cc2)cc1. The minimum atomic E-state index is -0.533. The molecule has 0 spiro atoms. The number of morpholine rings is 1. The number of primary amides is 1. The zero-order valence-electron chi connectivity index (χ0n) is 21.1. The van der Waals surface area contributed by atoms with E-state index in [-0.39, 0.29) is 24.4 Å². The summed E-state index contributed by atoms with van der Waals surface area (Å²) in [6, 6.07) is 24.3. The smallest absolute Gasteiger partial charge is 0.265 e. The van der Waals surface area contributed by atoms with Gasteiger partial charge in [0.25, 0.3) is 11.8 Å². The number of ketones is 1. The van der Waals surface area contributed by atoms with Crippen LogP contribution in [0.3, 0.4) is 0 Å². The fourth-order valence-corrected chi connectivity index (χ4v) is 4.54. The molecule has 1 fully saturated rings. The van der Waals surface area contributed by atoms with Gasteiger partial charge in [-0.05, 0) is 84.9 Å². The Hall–Kier alpha value is -4.73. The second-order valence-corrected chi connectivity index (χ2v) is 9.20. The Morgan fingerprint density at radius 3 is 2.13 bits per heavy atom. The predicted octanol–water partition coefficient (Wildman–Crippen LogP) is 3.26. The number of nitrogens with zero attached hydrogens (tertiary/aromatic N) is 2. The Bertz CT molecular complexity index is 1480. The summed E-state index contributed by atoms with van der Waals surface area (Å²) < 4.78 is 7.16. The number of hydrogen-bond donors (Lipinski definition) is 3. The van der Waals surface area contributed by atoms with E-state index < -0.39 is 5.91 Å². The van der Waals surface area contributed by atoms with E-state index in [1.165, 1.54) is 0 Å². The van der Waals surface area contributed by atoms with Gasteiger partial charge < -0.3 is 30.4 Å². The maximum Gasteiger partial charge on any atom is 0.265 e. The van der Waals surface area contributed by atoms with Crippen molar-refractivity contribution in [3.8, 4) is 5.69 Å². The van der Waals surface area contributed by atoms with E-state index in [1.54, 1.807) is 83.6 Å². The Labute approximate surface area is 225 Å². The van der Waals surface area contributed by atoms with Gasteiger partial charge in [0.1, 0.15) is 5.69 Å². The molecule has 3 aromatic carbocycles. The normalized spacial score (nSPS) is 15.1. The van der Waals surface area contributed by atoms with Crippen LogP contribution in [0.4, 0.5) is 11.4 Å². The lowest BCUT2D eigenvalue weighted by Gasteiger charge is -2.33. The van der Waals surface area contributed by atoms with Crippen molar-refractivity contribution in [3.05, 3.63) is 114 Å². The van der Waals surface area contributed by atoms with Gasteiger partial charge in [0.15, 0.2) is 5.78 Å². The number of hydrogen-bond acceptors (Lipinski definition) is 6. The summed E-state index contributed by atoms with van der Waals surface area (Å²) in [7, 11) is 0. The molecule has 1 aliphatic heterocycles. The zero-order chi connectivity index (χ0) is 27.4. The van der Waals surface area contributed by atoms with Crippen LogP contribution in [0.25, 0.3) is 5.69 Å². The van der Waals surface area contributed by atoms with Crippen LogP contribution in [0.1, 0.15) is 36.8 Å². The van der Waals surface area contributed by atoms with Crippen LogP contribution < -0.4 is 16.0 Å². The monoisotopic (exact) mass is 524 g/mol. The minimum absolute atomic E-state index is 0.0266. The molecule has 1 atom stereocenters. The molecule has 1 saturated heterocycles. The summed E-state index contributed by atoms with van der Waals surface area (Å²) in [6.07, 6.45) is 1.52. The van der Waals surface area contributed by atoms with E-state index in [2.05, 4.69) is 10.2 Å². The molecule has 4 N–H and O–H groups in total. The molecule has 1 aromatic heterocycles. The highest BCUT2D eigenvalue weighted by atomic mass is 16.5. The van der Waals surface area contributed by atoms with E-state index in [1.807, 2.05) is 12.1 Å². The highest BCUT2D eigenvalue weighted by Crippen LogP contribution is 2.21. The van der Waals surface area contributed by atoms with Crippen LogP contribution in [-0.2, 0) is 4.74 Å². The average molecular weight is 525 g/mol. The highest BCUT2D eigenvalue weighted by Gasteiger charge is 2.20. The summed E-state index contributed by atoms with van der Waals surface area (Å²) in [5.41, 5.74) is 9.51.